The van der Waals surface area contributed by atoms with Gasteiger partial charge in [0.2, 0.25) is 0 Å². The number of ether oxygens (including phenoxy) is 3. The van der Waals surface area contributed by atoms with Crippen molar-refractivity contribution in [2.24, 2.45) is 5.92 Å². The lowest BCUT2D eigenvalue weighted by molar-refractivity contribution is -0.415. The predicted molar refractivity (Wildman–Crippen MR) is 87.7 cm³/mol. The van der Waals surface area contributed by atoms with Gasteiger partial charge in [-0.1, -0.05) is 12.2 Å². The van der Waals surface area contributed by atoms with E-state index in [1.54, 1.807) is 27.7 Å². The Morgan fingerprint density at radius 2 is 2.04 bits per heavy atom. The topological polar surface area (TPSA) is 129 Å². The molecule has 2 atom stereocenters. The first-order chi connectivity index (χ1) is 11.6. The van der Waals surface area contributed by atoms with Gasteiger partial charge in [-0.05, 0) is 27.7 Å². The third kappa shape index (κ3) is 6.11. The van der Waals surface area contributed by atoms with Crippen molar-refractivity contribution in [3.8, 4) is 0 Å². The third-order valence-corrected chi connectivity index (χ3v) is 3.02. The van der Waals surface area contributed by atoms with Crippen molar-refractivity contribution in [1.29, 1.82) is 5.41 Å². The summed E-state index contributed by atoms with van der Waals surface area (Å²) in [5.74, 6) is -2.54. The summed E-state index contributed by atoms with van der Waals surface area (Å²) < 4.78 is 15.3. The van der Waals surface area contributed by atoms with Gasteiger partial charge < -0.3 is 14.2 Å². The summed E-state index contributed by atoms with van der Waals surface area (Å²) in [4.78, 5) is 34.2. The Morgan fingerprint density at radius 3 is 2.56 bits per heavy atom. The molecule has 1 N–H and O–H groups in total. The average molecular weight is 354 g/mol. The minimum absolute atomic E-state index is 0.0623. The molecule has 9 nitrogen and oxygen atoms in total. The highest BCUT2D eigenvalue weighted by atomic mass is 16.6. The first kappa shape index (κ1) is 20.5. The van der Waals surface area contributed by atoms with Gasteiger partial charge in [0.1, 0.15) is 17.9 Å². The van der Waals surface area contributed by atoms with Crippen molar-refractivity contribution in [3.05, 3.63) is 34.0 Å². The number of rotatable bonds is 7. The van der Waals surface area contributed by atoms with Crippen LogP contribution in [0.1, 0.15) is 27.7 Å². The zero-order valence-corrected chi connectivity index (χ0v) is 14.6. The van der Waals surface area contributed by atoms with Crippen molar-refractivity contribution in [2.75, 3.05) is 13.2 Å². The molecule has 138 valence electrons. The maximum atomic E-state index is 12.1. The van der Waals surface area contributed by atoms with Crippen LogP contribution in [0, 0.1) is 21.4 Å². The van der Waals surface area contributed by atoms with E-state index in [4.69, 9.17) is 19.6 Å². The van der Waals surface area contributed by atoms with Gasteiger partial charge in [-0.15, -0.1) is 0 Å². The lowest BCUT2D eigenvalue weighted by Gasteiger charge is -2.25. The van der Waals surface area contributed by atoms with Crippen molar-refractivity contribution in [2.45, 2.75) is 39.4 Å². The molecule has 0 aromatic carbocycles. The molecule has 1 aliphatic rings. The van der Waals surface area contributed by atoms with E-state index in [-0.39, 0.29) is 6.61 Å². The fourth-order valence-electron chi connectivity index (χ4n) is 2.11. The number of hydrogen-bond donors (Lipinski definition) is 1. The van der Waals surface area contributed by atoms with Crippen LogP contribution in [0.2, 0.25) is 0 Å². The summed E-state index contributed by atoms with van der Waals surface area (Å²) in [5.41, 5.74) is -1.56. The zero-order chi connectivity index (χ0) is 19.2. The SMILES string of the molecule is CCOC(=O)C(OCC(=O)OC(C)(C)C)C1C=CC=C([N+](=O)[O-])C1=N. The van der Waals surface area contributed by atoms with E-state index in [0.717, 1.165) is 6.08 Å². The Kier molecular flexibility index (Phi) is 6.98. The molecule has 25 heavy (non-hydrogen) atoms. The van der Waals surface area contributed by atoms with Gasteiger partial charge >= 0.3 is 11.9 Å². The van der Waals surface area contributed by atoms with Crippen molar-refractivity contribution in [1.82, 2.24) is 0 Å². The molecule has 0 bridgehead atoms. The largest absolute Gasteiger partial charge is 0.464 e. The van der Waals surface area contributed by atoms with Crippen LogP contribution in [0.15, 0.2) is 23.9 Å². The van der Waals surface area contributed by atoms with Crippen LogP contribution in [0.5, 0.6) is 0 Å². The molecule has 0 aromatic rings. The fraction of sp³-hybridized carbons (Fsp3) is 0.562. The summed E-state index contributed by atoms with van der Waals surface area (Å²) in [7, 11) is 0. The summed E-state index contributed by atoms with van der Waals surface area (Å²) in [5, 5.41) is 18.9. The van der Waals surface area contributed by atoms with E-state index >= 15 is 0 Å². The molecule has 0 aliphatic heterocycles. The fourth-order valence-corrected chi connectivity index (χ4v) is 2.11. The number of allylic oxidation sites excluding steroid dienone is 3. The van der Waals surface area contributed by atoms with Gasteiger partial charge in [0, 0.05) is 6.08 Å². The van der Waals surface area contributed by atoms with E-state index in [2.05, 4.69) is 0 Å². The van der Waals surface area contributed by atoms with Crippen molar-refractivity contribution in [3.63, 3.8) is 0 Å². The second-order valence-corrected chi connectivity index (χ2v) is 6.20. The smallest absolute Gasteiger partial charge is 0.336 e. The summed E-state index contributed by atoms with van der Waals surface area (Å²) >= 11 is 0. The van der Waals surface area contributed by atoms with Gasteiger partial charge in [0.15, 0.2) is 6.10 Å². The number of hydrogen-bond acceptors (Lipinski definition) is 8. The molecule has 0 heterocycles. The Morgan fingerprint density at radius 1 is 1.40 bits per heavy atom. The van der Waals surface area contributed by atoms with Gasteiger partial charge in [-0.2, -0.15) is 0 Å². The Labute approximate surface area is 145 Å². The lowest BCUT2D eigenvalue weighted by atomic mass is 9.90. The first-order valence-corrected chi connectivity index (χ1v) is 7.68. The van der Waals surface area contributed by atoms with Crippen molar-refractivity contribution >= 4 is 17.7 Å². The van der Waals surface area contributed by atoms with Crippen molar-refractivity contribution < 1.29 is 28.7 Å². The highest BCUT2D eigenvalue weighted by molar-refractivity contribution is 6.02. The van der Waals surface area contributed by atoms with Crippen LogP contribution >= 0.6 is 0 Å². The maximum Gasteiger partial charge on any atom is 0.336 e. The Balaban J connectivity index is 2.91. The third-order valence-electron chi connectivity index (χ3n) is 3.02. The predicted octanol–water partition coefficient (Wildman–Crippen LogP) is 1.64. The number of nitrogens with one attached hydrogen (secondary N) is 1. The monoisotopic (exact) mass is 354 g/mol. The van der Waals surface area contributed by atoms with Gasteiger partial charge in [-0.3, -0.25) is 15.5 Å². The lowest BCUT2D eigenvalue weighted by Crippen LogP contribution is -2.41. The molecule has 2 unspecified atom stereocenters. The van der Waals surface area contributed by atoms with Crippen LogP contribution in [0.3, 0.4) is 0 Å². The number of nitrogens with zero attached hydrogens (tertiary/aromatic N) is 1. The molecule has 1 rings (SSSR count). The molecular weight excluding hydrogens is 332 g/mol. The summed E-state index contributed by atoms with van der Waals surface area (Å²) in [6.45, 7) is 6.15. The minimum Gasteiger partial charge on any atom is -0.464 e. The quantitative estimate of drug-likeness (QED) is 0.418. The average Bonchev–Trinajstić information content (AvgIpc) is 2.47. The molecule has 0 amide bonds. The minimum atomic E-state index is -1.36. The second kappa shape index (κ2) is 8.52. The molecule has 0 saturated heterocycles. The van der Waals surface area contributed by atoms with E-state index in [1.165, 1.54) is 12.2 Å². The Hall–Kier alpha value is -2.55. The molecule has 0 saturated carbocycles. The molecule has 1 aliphatic carbocycles. The molecule has 0 spiro atoms. The highest BCUT2D eigenvalue weighted by Crippen LogP contribution is 2.22. The van der Waals surface area contributed by atoms with Crippen LogP contribution < -0.4 is 0 Å². The van der Waals surface area contributed by atoms with E-state index in [9.17, 15) is 19.7 Å². The molecule has 0 radical (unpaired) electrons. The van der Waals surface area contributed by atoms with Gasteiger partial charge in [-0.25, -0.2) is 9.59 Å². The highest BCUT2D eigenvalue weighted by Gasteiger charge is 2.38. The summed E-state index contributed by atoms with van der Waals surface area (Å²) in [6, 6.07) is 0. The standard InChI is InChI=1S/C16H22N2O7/c1-5-23-15(20)14(24-9-12(19)25-16(2,3)4)10-7-6-8-11(13(10)17)18(21)22/h6-8,10,14,17H,5,9H2,1-4H3. The van der Waals surface area contributed by atoms with Gasteiger partial charge in [0.25, 0.3) is 5.70 Å². The normalized spacial score (nSPS) is 18.3. The van der Waals surface area contributed by atoms with Crippen LogP contribution in [0.4, 0.5) is 0 Å². The molecule has 0 aromatic heterocycles. The number of esters is 2. The zero-order valence-electron chi connectivity index (χ0n) is 14.6. The van der Waals surface area contributed by atoms with Crippen LogP contribution in [0.25, 0.3) is 0 Å². The molecule has 9 heteroatoms. The van der Waals surface area contributed by atoms with E-state index in [0.29, 0.717) is 0 Å². The number of carbonyl (C=O) groups excluding carboxylic acids is 2. The summed E-state index contributed by atoms with van der Waals surface area (Å²) in [6.07, 6.45) is 2.59. The van der Waals surface area contributed by atoms with E-state index < -0.39 is 52.5 Å². The number of nitro groups is 1. The maximum absolute atomic E-state index is 12.1. The molecular formula is C16H22N2O7. The van der Waals surface area contributed by atoms with Crippen LogP contribution in [-0.2, 0) is 23.8 Å². The molecule has 0 fully saturated rings. The Bertz CT molecular complexity index is 616. The first-order valence-electron chi connectivity index (χ1n) is 7.68. The van der Waals surface area contributed by atoms with Crippen LogP contribution in [-0.4, -0.2) is 47.5 Å². The number of carbonyl (C=O) groups is 2. The van der Waals surface area contributed by atoms with E-state index in [1.807, 2.05) is 0 Å². The van der Waals surface area contributed by atoms with Gasteiger partial charge in [0.05, 0.1) is 17.4 Å². The second-order valence-electron chi connectivity index (χ2n) is 6.20.